The Balaban J connectivity index is 2.31. The first kappa shape index (κ1) is 12.7. The zero-order valence-corrected chi connectivity index (χ0v) is 9.34. The smallest absolute Gasteiger partial charge is 0.379 e. The first-order chi connectivity index (χ1) is 8.38. The lowest BCUT2D eigenvalue weighted by Gasteiger charge is -2.29. The molecule has 0 saturated carbocycles. The molecule has 1 aromatic carbocycles. The molecule has 1 aromatic rings. The summed E-state index contributed by atoms with van der Waals surface area (Å²) < 4.78 is 37.6. The van der Waals surface area contributed by atoms with Gasteiger partial charge in [0.2, 0.25) is 0 Å². The third kappa shape index (κ3) is 2.56. The van der Waals surface area contributed by atoms with E-state index >= 15 is 0 Å². The van der Waals surface area contributed by atoms with Crippen molar-refractivity contribution in [2.45, 2.75) is 12.2 Å². The van der Waals surface area contributed by atoms with Crippen molar-refractivity contribution in [3.63, 3.8) is 0 Å². The van der Waals surface area contributed by atoms with E-state index in [0.717, 1.165) is 12.1 Å². The molecule has 4 nitrogen and oxygen atoms in total. The van der Waals surface area contributed by atoms with Crippen LogP contribution in [0.3, 0.4) is 0 Å². The van der Waals surface area contributed by atoms with Crippen LogP contribution in [0, 0.1) is 0 Å². The van der Waals surface area contributed by atoms with Gasteiger partial charge in [-0.3, -0.25) is 4.79 Å². The molecule has 1 heterocycles. The summed E-state index contributed by atoms with van der Waals surface area (Å²) in [5, 5.41) is 5.98. The van der Waals surface area contributed by atoms with Gasteiger partial charge in [-0.25, -0.2) is 0 Å². The Morgan fingerprint density at radius 1 is 1.39 bits per heavy atom. The second kappa shape index (κ2) is 4.49. The van der Waals surface area contributed by atoms with E-state index in [1.54, 1.807) is 0 Å². The Hall–Kier alpha value is -1.76. The van der Waals surface area contributed by atoms with Crippen LogP contribution >= 0.6 is 0 Å². The Morgan fingerprint density at radius 2 is 2.06 bits per heavy atom. The fourth-order valence-electron chi connectivity index (χ4n) is 1.66. The van der Waals surface area contributed by atoms with Crippen molar-refractivity contribution in [1.82, 2.24) is 5.32 Å². The molecule has 0 bridgehead atoms. The Morgan fingerprint density at radius 3 is 2.50 bits per heavy atom. The summed E-state index contributed by atoms with van der Waals surface area (Å²) in [5.41, 5.74) is 4.41. The van der Waals surface area contributed by atoms with E-state index in [4.69, 9.17) is 5.73 Å². The molecule has 0 aliphatic carbocycles. The van der Waals surface area contributed by atoms with Crippen molar-refractivity contribution in [3.05, 3.63) is 29.3 Å². The van der Waals surface area contributed by atoms with Crippen LogP contribution in [0.5, 0.6) is 0 Å². The summed E-state index contributed by atoms with van der Waals surface area (Å²) >= 11 is 0. The molecular weight excluding hydrogens is 247 g/mol. The normalized spacial score (nSPS) is 16.2. The number of nitrogens with one attached hydrogen (secondary N) is 2. The van der Waals surface area contributed by atoms with E-state index in [0.29, 0.717) is 18.8 Å². The highest BCUT2D eigenvalue weighted by Crippen LogP contribution is 2.32. The number of nitrogens with two attached hydrogens (primary N) is 1. The number of rotatable bonds is 3. The quantitative estimate of drug-likeness (QED) is 0.763. The van der Waals surface area contributed by atoms with E-state index in [2.05, 4.69) is 10.6 Å². The summed E-state index contributed by atoms with van der Waals surface area (Å²) in [6.07, 6.45) is -4.49. The maximum absolute atomic E-state index is 12.5. The first-order valence-electron chi connectivity index (χ1n) is 5.36. The van der Waals surface area contributed by atoms with Crippen LogP contribution in [0.15, 0.2) is 18.2 Å². The minimum atomic E-state index is -4.49. The first-order valence-corrected chi connectivity index (χ1v) is 5.36. The average Bonchev–Trinajstić information content (AvgIpc) is 2.21. The zero-order chi connectivity index (χ0) is 13.3. The van der Waals surface area contributed by atoms with E-state index in [9.17, 15) is 18.0 Å². The van der Waals surface area contributed by atoms with Gasteiger partial charge in [-0.1, -0.05) is 0 Å². The number of halogens is 3. The van der Waals surface area contributed by atoms with Crippen LogP contribution in [-0.4, -0.2) is 25.0 Å². The highest BCUT2D eigenvalue weighted by Gasteiger charge is 2.32. The lowest BCUT2D eigenvalue weighted by molar-refractivity contribution is -0.137. The predicted molar refractivity (Wildman–Crippen MR) is 60.2 cm³/mol. The molecule has 4 N–H and O–H groups in total. The van der Waals surface area contributed by atoms with Gasteiger partial charge < -0.3 is 16.4 Å². The molecule has 1 aliphatic rings. The minimum absolute atomic E-state index is 0.111. The van der Waals surface area contributed by atoms with Gasteiger partial charge in [0.15, 0.2) is 0 Å². The summed E-state index contributed by atoms with van der Waals surface area (Å²) in [4.78, 5) is 11.2. The SMILES string of the molecule is NC(=O)c1cc(C(F)(F)F)ccc1NC1CNC1. The molecular formula is C11H12F3N3O. The Kier molecular flexibility index (Phi) is 3.16. The number of carbonyl (C=O) groups excluding carboxylic acids is 1. The van der Waals surface area contributed by atoms with E-state index in [1.807, 2.05) is 0 Å². The van der Waals surface area contributed by atoms with Gasteiger partial charge in [-0.05, 0) is 18.2 Å². The van der Waals surface area contributed by atoms with Crippen molar-refractivity contribution in [2.24, 2.45) is 5.73 Å². The van der Waals surface area contributed by atoms with Gasteiger partial charge in [0, 0.05) is 18.8 Å². The van der Waals surface area contributed by atoms with E-state index < -0.39 is 17.6 Å². The van der Waals surface area contributed by atoms with Crippen LogP contribution in [0.1, 0.15) is 15.9 Å². The molecule has 1 fully saturated rings. The Labute approximate surface area is 101 Å². The number of anilines is 1. The van der Waals surface area contributed by atoms with Gasteiger partial charge in [0.1, 0.15) is 0 Å². The van der Waals surface area contributed by atoms with Crippen LogP contribution < -0.4 is 16.4 Å². The van der Waals surface area contributed by atoms with E-state index in [1.165, 1.54) is 6.07 Å². The number of amides is 1. The number of hydrogen-bond acceptors (Lipinski definition) is 3. The fourth-order valence-corrected chi connectivity index (χ4v) is 1.66. The van der Waals surface area contributed by atoms with Gasteiger partial charge in [0.05, 0.1) is 17.2 Å². The Bertz CT molecular complexity index is 469. The van der Waals surface area contributed by atoms with Gasteiger partial charge in [0.25, 0.3) is 5.91 Å². The topological polar surface area (TPSA) is 67.2 Å². The molecule has 18 heavy (non-hydrogen) atoms. The number of primary amides is 1. The second-order valence-corrected chi connectivity index (χ2v) is 4.12. The molecule has 0 atom stereocenters. The minimum Gasteiger partial charge on any atom is -0.379 e. The molecule has 7 heteroatoms. The van der Waals surface area contributed by atoms with Crippen LogP contribution in [0.2, 0.25) is 0 Å². The fraction of sp³-hybridized carbons (Fsp3) is 0.364. The molecule has 1 saturated heterocycles. The third-order valence-corrected chi connectivity index (χ3v) is 2.75. The van der Waals surface area contributed by atoms with Crippen LogP contribution in [0.4, 0.5) is 18.9 Å². The lowest BCUT2D eigenvalue weighted by Crippen LogP contribution is -2.51. The molecule has 1 amide bonds. The number of hydrogen-bond donors (Lipinski definition) is 3. The van der Waals surface area contributed by atoms with E-state index in [-0.39, 0.29) is 11.6 Å². The highest BCUT2D eigenvalue weighted by atomic mass is 19.4. The summed E-state index contributed by atoms with van der Waals surface area (Å²) in [5.74, 6) is -0.879. The van der Waals surface area contributed by atoms with Gasteiger partial charge >= 0.3 is 6.18 Å². The number of benzene rings is 1. The molecule has 0 aromatic heterocycles. The summed E-state index contributed by atoms with van der Waals surface area (Å²) in [6, 6.07) is 3.05. The lowest BCUT2D eigenvalue weighted by atomic mass is 10.1. The van der Waals surface area contributed by atoms with Crippen molar-refractivity contribution in [2.75, 3.05) is 18.4 Å². The summed E-state index contributed by atoms with van der Waals surface area (Å²) in [6.45, 7) is 1.42. The average molecular weight is 259 g/mol. The van der Waals surface area contributed by atoms with Gasteiger partial charge in [-0.15, -0.1) is 0 Å². The zero-order valence-electron chi connectivity index (χ0n) is 9.34. The van der Waals surface area contributed by atoms with Crippen molar-refractivity contribution in [3.8, 4) is 0 Å². The standard InChI is InChI=1S/C11H12F3N3O/c12-11(13,14)6-1-2-9(8(3-6)10(15)18)17-7-4-16-5-7/h1-3,7,16-17H,4-5H2,(H2,15,18). The number of carbonyl (C=O) groups is 1. The van der Waals surface area contributed by atoms with Crippen LogP contribution in [-0.2, 0) is 6.18 Å². The predicted octanol–water partition coefficient (Wildman–Crippen LogP) is 1.19. The molecule has 98 valence electrons. The third-order valence-electron chi connectivity index (χ3n) is 2.75. The highest BCUT2D eigenvalue weighted by molar-refractivity contribution is 5.98. The van der Waals surface area contributed by atoms with Crippen molar-refractivity contribution in [1.29, 1.82) is 0 Å². The van der Waals surface area contributed by atoms with Gasteiger partial charge in [-0.2, -0.15) is 13.2 Å². The molecule has 0 radical (unpaired) electrons. The molecule has 2 rings (SSSR count). The second-order valence-electron chi connectivity index (χ2n) is 4.12. The maximum Gasteiger partial charge on any atom is 0.416 e. The molecule has 0 unspecified atom stereocenters. The molecule has 1 aliphatic heterocycles. The maximum atomic E-state index is 12.5. The largest absolute Gasteiger partial charge is 0.416 e. The van der Waals surface area contributed by atoms with Crippen molar-refractivity contribution < 1.29 is 18.0 Å². The monoisotopic (exact) mass is 259 g/mol. The summed E-state index contributed by atoms with van der Waals surface area (Å²) in [7, 11) is 0. The van der Waals surface area contributed by atoms with Crippen molar-refractivity contribution >= 4 is 11.6 Å². The van der Waals surface area contributed by atoms with Crippen LogP contribution in [0.25, 0.3) is 0 Å². The molecule has 0 spiro atoms. The number of alkyl halides is 3.